The molecule has 1 unspecified atom stereocenters. The Balaban J connectivity index is 2.50. The first-order valence-corrected chi connectivity index (χ1v) is 7.59. The van der Waals surface area contributed by atoms with E-state index in [9.17, 15) is 4.79 Å². The average Bonchev–Trinajstić information content (AvgIpc) is 2.29. The van der Waals surface area contributed by atoms with Gasteiger partial charge in [-0.2, -0.15) is 0 Å². The number of rotatable bonds is 5. The molecule has 1 fully saturated rings. The Morgan fingerprint density at radius 2 is 1.83 bits per heavy atom. The van der Waals surface area contributed by atoms with Crippen LogP contribution in [0.3, 0.4) is 0 Å². The standard InChI is InChI=1S/C16H30O2/c1-6-7-13(3)15(17)18-16(4,5)14-10-8-12(2)9-11-14/h12-14H,6-11H2,1-5H3. The number of hydrogen-bond acceptors (Lipinski definition) is 2. The van der Waals surface area contributed by atoms with E-state index in [0.717, 1.165) is 18.8 Å². The molecule has 0 heterocycles. The molecule has 0 bridgehead atoms. The summed E-state index contributed by atoms with van der Waals surface area (Å²) in [6, 6.07) is 0. The van der Waals surface area contributed by atoms with Crippen molar-refractivity contribution in [2.24, 2.45) is 17.8 Å². The smallest absolute Gasteiger partial charge is 0.309 e. The van der Waals surface area contributed by atoms with Crippen LogP contribution in [0.1, 0.15) is 73.1 Å². The van der Waals surface area contributed by atoms with Crippen LogP contribution in [-0.4, -0.2) is 11.6 Å². The van der Waals surface area contributed by atoms with Crippen molar-refractivity contribution in [2.45, 2.75) is 78.7 Å². The Bertz CT molecular complexity index is 262. The number of carbonyl (C=O) groups is 1. The van der Waals surface area contributed by atoms with Crippen molar-refractivity contribution in [2.75, 3.05) is 0 Å². The van der Waals surface area contributed by atoms with E-state index < -0.39 is 0 Å². The van der Waals surface area contributed by atoms with Crippen molar-refractivity contribution in [1.82, 2.24) is 0 Å². The van der Waals surface area contributed by atoms with Gasteiger partial charge in [-0.05, 0) is 44.9 Å². The van der Waals surface area contributed by atoms with Gasteiger partial charge in [0.15, 0.2) is 0 Å². The summed E-state index contributed by atoms with van der Waals surface area (Å²) in [6.07, 6.45) is 6.91. The zero-order valence-electron chi connectivity index (χ0n) is 12.8. The monoisotopic (exact) mass is 254 g/mol. The predicted octanol–water partition coefficient (Wildman–Crippen LogP) is 4.57. The third-order valence-electron chi connectivity index (χ3n) is 4.49. The maximum atomic E-state index is 12.0. The fraction of sp³-hybridized carbons (Fsp3) is 0.938. The molecule has 0 saturated heterocycles. The Hall–Kier alpha value is -0.530. The normalized spacial score (nSPS) is 26.7. The molecule has 0 radical (unpaired) electrons. The second-order valence-corrected chi connectivity index (χ2v) is 6.67. The molecule has 1 aliphatic rings. The minimum atomic E-state index is -0.292. The van der Waals surface area contributed by atoms with Gasteiger partial charge in [-0.25, -0.2) is 0 Å². The lowest BCUT2D eigenvalue weighted by molar-refractivity contribution is -0.168. The maximum Gasteiger partial charge on any atom is 0.309 e. The van der Waals surface area contributed by atoms with Gasteiger partial charge in [0, 0.05) is 0 Å². The van der Waals surface area contributed by atoms with Gasteiger partial charge in [-0.1, -0.05) is 40.0 Å². The highest BCUT2D eigenvalue weighted by Crippen LogP contribution is 2.37. The molecule has 1 aliphatic carbocycles. The van der Waals surface area contributed by atoms with E-state index in [1.54, 1.807) is 0 Å². The molecule has 0 spiro atoms. The van der Waals surface area contributed by atoms with Gasteiger partial charge in [-0.15, -0.1) is 0 Å². The van der Waals surface area contributed by atoms with E-state index in [1.165, 1.54) is 25.7 Å². The van der Waals surface area contributed by atoms with Crippen LogP contribution in [0.15, 0.2) is 0 Å². The molecule has 2 nitrogen and oxygen atoms in total. The summed E-state index contributed by atoms with van der Waals surface area (Å²) >= 11 is 0. The Morgan fingerprint density at radius 3 is 2.33 bits per heavy atom. The summed E-state index contributed by atoms with van der Waals surface area (Å²) in [6.45, 7) is 10.6. The van der Waals surface area contributed by atoms with Crippen LogP contribution in [0, 0.1) is 17.8 Å². The summed E-state index contributed by atoms with van der Waals surface area (Å²) in [7, 11) is 0. The maximum absolute atomic E-state index is 12.0. The van der Waals surface area contributed by atoms with Crippen molar-refractivity contribution < 1.29 is 9.53 Å². The number of ether oxygens (including phenoxy) is 1. The quantitative estimate of drug-likeness (QED) is 0.672. The summed E-state index contributed by atoms with van der Waals surface area (Å²) in [4.78, 5) is 12.0. The minimum absolute atomic E-state index is 0.0135. The van der Waals surface area contributed by atoms with Crippen LogP contribution in [0.25, 0.3) is 0 Å². The third kappa shape index (κ3) is 4.29. The van der Waals surface area contributed by atoms with Gasteiger partial charge in [0.2, 0.25) is 0 Å². The van der Waals surface area contributed by atoms with Crippen LogP contribution in [0.5, 0.6) is 0 Å². The molecule has 1 saturated carbocycles. The second-order valence-electron chi connectivity index (χ2n) is 6.67. The summed E-state index contributed by atoms with van der Waals surface area (Å²) in [5.41, 5.74) is -0.292. The number of carbonyl (C=O) groups excluding carboxylic acids is 1. The molecule has 0 aliphatic heterocycles. The van der Waals surface area contributed by atoms with Gasteiger partial charge in [-0.3, -0.25) is 4.79 Å². The van der Waals surface area contributed by atoms with Crippen LogP contribution in [0.2, 0.25) is 0 Å². The lowest BCUT2D eigenvalue weighted by Gasteiger charge is -2.38. The molecule has 1 atom stereocenters. The Kier molecular flexibility index (Phi) is 5.68. The lowest BCUT2D eigenvalue weighted by Crippen LogP contribution is -2.40. The SMILES string of the molecule is CCCC(C)C(=O)OC(C)(C)C1CCC(C)CC1. The lowest BCUT2D eigenvalue weighted by atomic mass is 9.75. The molecule has 106 valence electrons. The predicted molar refractivity (Wildman–Crippen MR) is 75.4 cm³/mol. The third-order valence-corrected chi connectivity index (χ3v) is 4.49. The molecule has 18 heavy (non-hydrogen) atoms. The fourth-order valence-corrected chi connectivity index (χ4v) is 2.95. The molecule has 0 aromatic carbocycles. The van der Waals surface area contributed by atoms with Crippen LogP contribution in [0.4, 0.5) is 0 Å². The molecule has 0 N–H and O–H groups in total. The molecular weight excluding hydrogens is 224 g/mol. The van der Waals surface area contributed by atoms with Crippen LogP contribution < -0.4 is 0 Å². The van der Waals surface area contributed by atoms with Crippen molar-refractivity contribution in [3.8, 4) is 0 Å². The van der Waals surface area contributed by atoms with Crippen molar-refractivity contribution in [3.05, 3.63) is 0 Å². The first-order valence-electron chi connectivity index (χ1n) is 7.59. The Morgan fingerprint density at radius 1 is 1.28 bits per heavy atom. The molecule has 0 aromatic rings. The average molecular weight is 254 g/mol. The van der Waals surface area contributed by atoms with Gasteiger partial charge in [0.25, 0.3) is 0 Å². The number of hydrogen-bond donors (Lipinski definition) is 0. The van der Waals surface area contributed by atoms with E-state index >= 15 is 0 Å². The summed E-state index contributed by atoms with van der Waals surface area (Å²) in [5.74, 6) is 1.40. The first kappa shape index (κ1) is 15.5. The first-order chi connectivity index (χ1) is 8.36. The van der Waals surface area contributed by atoms with Crippen molar-refractivity contribution >= 4 is 5.97 Å². The molecule has 0 amide bonds. The van der Waals surface area contributed by atoms with Gasteiger partial charge in [0.1, 0.15) is 5.60 Å². The van der Waals surface area contributed by atoms with E-state index in [1.807, 2.05) is 6.92 Å². The number of esters is 1. The van der Waals surface area contributed by atoms with Crippen LogP contribution in [-0.2, 0) is 9.53 Å². The zero-order chi connectivity index (χ0) is 13.8. The fourth-order valence-electron chi connectivity index (χ4n) is 2.95. The van der Waals surface area contributed by atoms with E-state index in [0.29, 0.717) is 5.92 Å². The van der Waals surface area contributed by atoms with Gasteiger partial charge < -0.3 is 4.74 Å². The molecule has 1 rings (SSSR count). The Labute approximate surface area is 112 Å². The zero-order valence-corrected chi connectivity index (χ0v) is 12.8. The van der Waals surface area contributed by atoms with Crippen molar-refractivity contribution in [3.63, 3.8) is 0 Å². The van der Waals surface area contributed by atoms with Crippen LogP contribution >= 0.6 is 0 Å². The second kappa shape index (κ2) is 6.58. The highest BCUT2D eigenvalue weighted by Gasteiger charge is 2.36. The largest absolute Gasteiger partial charge is 0.459 e. The van der Waals surface area contributed by atoms with Crippen molar-refractivity contribution in [1.29, 1.82) is 0 Å². The minimum Gasteiger partial charge on any atom is -0.459 e. The molecule has 2 heteroatoms. The highest BCUT2D eigenvalue weighted by molar-refractivity contribution is 5.72. The van der Waals surface area contributed by atoms with E-state index in [2.05, 4.69) is 27.7 Å². The highest BCUT2D eigenvalue weighted by atomic mass is 16.6. The summed E-state index contributed by atoms with van der Waals surface area (Å²) in [5, 5.41) is 0. The molecule has 0 aromatic heterocycles. The topological polar surface area (TPSA) is 26.3 Å². The molecular formula is C16H30O2. The van der Waals surface area contributed by atoms with Gasteiger partial charge in [0.05, 0.1) is 5.92 Å². The summed E-state index contributed by atoms with van der Waals surface area (Å²) < 4.78 is 5.79. The van der Waals surface area contributed by atoms with E-state index in [4.69, 9.17) is 4.74 Å². The van der Waals surface area contributed by atoms with Gasteiger partial charge >= 0.3 is 5.97 Å². The van der Waals surface area contributed by atoms with E-state index in [-0.39, 0.29) is 17.5 Å².